The van der Waals surface area contributed by atoms with E-state index in [9.17, 15) is 9.90 Å². The molecule has 0 radical (unpaired) electrons. The van der Waals surface area contributed by atoms with Crippen molar-refractivity contribution in [3.8, 4) is 5.75 Å². The monoisotopic (exact) mass is 222 g/mol. The zero-order chi connectivity index (χ0) is 12.1. The van der Waals surface area contributed by atoms with Crippen LogP contribution in [0.15, 0.2) is 18.2 Å². The van der Waals surface area contributed by atoms with Crippen LogP contribution in [0.2, 0.25) is 0 Å². The number of phenolic OH excluding ortho intramolecular Hbond substituents is 1. The van der Waals surface area contributed by atoms with E-state index in [1.807, 2.05) is 13.8 Å². The van der Waals surface area contributed by atoms with Crippen molar-refractivity contribution in [2.75, 3.05) is 5.73 Å². The molecule has 0 saturated carbocycles. The Morgan fingerprint density at radius 2 is 2.19 bits per heavy atom. The van der Waals surface area contributed by atoms with Gasteiger partial charge in [-0.25, -0.2) is 0 Å². The number of nitrogens with two attached hydrogens (primary N) is 1. The molecule has 4 heteroatoms. The van der Waals surface area contributed by atoms with Crippen molar-refractivity contribution in [2.45, 2.75) is 26.8 Å². The highest BCUT2D eigenvalue weighted by Crippen LogP contribution is 2.19. The smallest absolute Gasteiger partial charge is 0.220 e. The van der Waals surface area contributed by atoms with Crippen LogP contribution in [0.25, 0.3) is 0 Å². The van der Waals surface area contributed by atoms with Gasteiger partial charge in [0.1, 0.15) is 5.75 Å². The fourth-order valence-corrected chi connectivity index (χ4v) is 1.38. The first-order valence-corrected chi connectivity index (χ1v) is 5.33. The molecule has 0 spiro atoms. The Hall–Kier alpha value is -1.71. The zero-order valence-corrected chi connectivity index (χ0v) is 9.66. The summed E-state index contributed by atoms with van der Waals surface area (Å²) in [6, 6.07) is 4.80. The Kier molecular flexibility index (Phi) is 4.17. The van der Waals surface area contributed by atoms with Crippen molar-refractivity contribution in [3.05, 3.63) is 23.8 Å². The SMILES string of the molecule is CC(C)CC(=O)NCc1cc(N)ccc1O. The van der Waals surface area contributed by atoms with Crippen LogP contribution in [0.3, 0.4) is 0 Å². The number of nitrogens with one attached hydrogen (secondary N) is 1. The first-order valence-electron chi connectivity index (χ1n) is 5.33. The van der Waals surface area contributed by atoms with Gasteiger partial charge >= 0.3 is 0 Å². The number of carbonyl (C=O) groups excluding carboxylic acids is 1. The Balaban J connectivity index is 2.54. The summed E-state index contributed by atoms with van der Waals surface area (Å²) in [5.41, 5.74) is 6.80. The third-order valence-electron chi connectivity index (χ3n) is 2.17. The highest BCUT2D eigenvalue weighted by molar-refractivity contribution is 5.76. The summed E-state index contributed by atoms with van der Waals surface area (Å²) in [6.45, 7) is 4.28. The lowest BCUT2D eigenvalue weighted by Crippen LogP contribution is -2.23. The topological polar surface area (TPSA) is 75.4 Å². The van der Waals surface area contributed by atoms with Gasteiger partial charge in [0.05, 0.1) is 0 Å². The number of carbonyl (C=O) groups is 1. The molecule has 1 amide bonds. The maximum absolute atomic E-state index is 11.4. The zero-order valence-electron chi connectivity index (χ0n) is 9.66. The normalized spacial score (nSPS) is 10.4. The average Bonchev–Trinajstić information content (AvgIpc) is 2.18. The van der Waals surface area contributed by atoms with Crippen LogP contribution in [-0.2, 0) is 11.3 Å². The molecule has 4 nitrogen and oxygen atoms in total. The summed E-state index contributed by atoms with van der Waals surface area (Å²) in [6.07, 6.45) is 0.489. The second kappa shape index (κ2) is 5.39. The summed E-state index contributed by atoms with van der Waals surface area (Å²) >= 11 is 0. The van der Waals surface area contributed by atoms with E-state index in [1.165, 1.54) is 6.07 Å². The maximum Gasteiger partial charge on any atom is 0.220 e. The number of rotatable bonds is 4. The maximum atomic E-state index is 11.4. The number of anilines is 1. The van der Waals surface area contributed by atoms with Crippen LogP contribution < -0.4 is 11.1 Å². The lowest BCUT2D eigenvalue weighted by atomic mass is 10.1. The highest BCUT2D eigenvalue weighted by Gasteiger charge is 2.06. The van der Waals surface area contributed by atoms with Gasteiger partial charge in [-0.05, 0) is 24.1 Å². The predicted octanol–water partition coefficient (Wildman–Crippen LogP) is 1.64. The third kappa shape index (κ3) is 3.81. The fraction of sp³-hybridized carbons (Fsp3) is 0.417. The molecule has 0 heterocycles. The van der Waals surface area contributed by atoms with E-state index >= 15 is 0 Å². The number of phenols is 1. The van der Waals surface area contributed by atoms with E-state index < -0.39 is 0 Å². The molecule has 0 fully saturated rings. The number of hydrogen-bond acceptors (Lipinski definition) is 3. The second-order valence-corrected chi connectivity index (χ2v) is 4.26. The van der Waals surface area contributed by atoms with Gasteiger partial charge < -0.3 is 16.2 Å². The average molecular weight is 222 g/mol. The molecule has 4 N–H and O–H groups in total. The lowest BCUT2D eigenvalue weighted by Gasteiger charge is -2.09. The van der Waals surface area contributed by atoms with Crippen LogP contribution in [-0.4, -0.2) is 11.0 Å². The minimum atomic E-state index is -0.0168. The van der Waals surface area contributed by atoms with Gasteiger partial charge in [0.2, 0.25) is 5.91 Å². The molecule has 16 heavy (non-hydrogen) atoms. The highest BCUT2D eigenvalue weighted by atomic mass is 16.3. The molecule has 88 valence electrons. The molecule has 0 aromatic heterocycles. The number of aromatic hydroxyl groups is 1. The van der Waals surface area contributed by atoms with E-state index in [0.717, 1.165) is 0 Å². The standard InChI is InChI=1S/C12H18N2O2/c1-8(2)5-12(16)14-7-9-6-10(13)3-4-11(9)15/h3-4,6,8,15H,5,7,13H2,1-2H3,(H,14,16). The molecule has 1 aromatic rings. The van der Waals surface area contributed by atoms with Crippen LogP contribution in [0, 0.1) is 5.92 Å². The summed E-state index contributed by atoms with van der Waals surface area (Å²) < 4.78 is 0. The predicted molar refractivity (Wildman–Crippen MR) is 63.8 cm³/mol. The molecule has 1 aromatic carbocycles. The van der Waals surface area contributed by atoms with Crippen molar-refractivity contribution in [2.24, 2.45) is 5.92 Å². The molecular formula is C12H18N2O2. The molecule has 0 unspecified atom stereocenters. The minimum absolute atomic E-state index is 0.0168. The number of hydrogen-bond donors (Lipinski definition) is 3. The largest absolute Gasteiger partial charge is 0.508 e. The van der Waals surface area contributed by atoms with Gasteiger partial charge in [-0.15, -0.1) is 0 Å². The van der Waals surface area contributed by atoms with Crippen molar-refractivity contribution < 1.29 is 9.90 Å². The Labute approximate surface area is 95.5 Å². The van der Waals surface area contributed by atoms with Crippen LogP contribution in [0.5, 0.6) is 5.75 Å². The summed E-state index contributed by atoms with van der Waals surface area (Å²) in [7, 11) is 0. The number of nitrogen functional groups attached to an aromatic ring is 1. The first kappa shape index (κ1) is 12.4. The number of benzene rings is 1. The molecule has 0 bridgehead atoms. The summed E-state index contributed by atoms with van der Waals surface area (Å²) in [5.74, 6) is 0.463. The van der Waals surface area contributed by atoms with Crippen LogP contribution in [0.1, 0.15) is 25.8 Å². The van der Waals surface area contributed by atoms with E-state index in [4.69, 9.17) is 5.73 Å². The van der Waals surface area contributed by atoms with Crippen molar-refractivity contribution in [3.63, 3.8) is 0 Å². The fourth-order valence-electron chi connectivity index (χ4n) is 1.38. The van der Waals surface area contributed by atoms with Gasteiger partial charge in [-0.1, -0.05) is 13.8 Å². The van der Waals surface area contributed by atoms with Gasteiger partial charge in [0.15, 0.2) is 0 Å². The van der Waals surface area contributed by atoms with Crippen molar-refractivity contribution in [1.82, 2.24) is 5.32 Å². The van der Waals surface area contributed by atoms with Crippen molar-refractivity contribution >= 4 is 11.6 Å². The van der Waals surface area contributed by atoms with E-state index in [2.05, 4.69) is 5.32 Å². The second-order valence-electron chi connectivity index (χ2n) is 4.26. The van der Waals surface area contributed by atoms with Gasteiger partial charge in [0.25, 0.3) is 0 Å². The molecular weight excluding hydrogens is 204 g/mol. The van der Waals surface area contributed by atoms with E-state index in [1.54, 1.807) is 12.1 Å². The molecule has 0 aliphatic heterocycles. The van der Waals surface area contributed by atoms with Gasteiger partial charge in [-0.2, -0.15) is 0 Å². The quantitative estimate of drug-likeness (QED) is 0.535. The molecule has 0 saturated heterocycles. The van der Waals surface area contributed by atoms with E-state index in [0.29, 0.717) is 30.1 Å². The van der Waals surface area contributed by atoms with Crippen LogP contribution in [0.4, 0.5) is 5.69 Å². The molecule has 0 atom stereocenters. The Morgan fingerprint density at radius 3 is 2.81 bits per heavy atom. The summed E-state index contributed by atoms with van der Waals surface area (Å²) in [5, 5.41) is 12.3. The lowest BCUT2D eigenvalue weighted by molar-refractivity contribution is -0.121. The summed E-state index contributed by atoms with van der Waals surface area (Å²) in [4.78, 5) is 11.4. The third-order valence-corrected chi connectivity index (χ3v) is 2.17. The Bertz CT molecular complexity index is 375. The Morgan fingerprint density at radius 1 is 1.50 bits per heavy atom. The minimum Gasteiger partial charge on any atom is -0.508 e. The first-order chi connectivity index (χ1) is 7.49. The number of amides is 1. The van der Waals surface area contributed by atoms with Crippen LogP contribution >= 0.6 is 0 Å². The van der Waals surface area contributed by atoms with Gasteiger partial charge in [-0.3, -0.25) is 4.79 Å². The van der Waals surface area contributed by atoms with Gasteiger partial charge in [0, 0.05) is 24.2 Å². The molecule has 0 aliphatic rings. The molecule has 0 aliphatic carbocycles. The molecule has 1 rings (SSSR count). The van der Waals surface area contributed by atoms with E-state index in [-0.39, 0.29) is 11.7 Å². The van der Waals surface area contributed by atoms with Crippen molar-refractivity contribution in [1.29, 1.82) is 0 Å².